The standard InChI is InChI=1S/C10H6O3/c11-7-5-13-9-2-1-8-6(10(7)9)3-4-12-8/h1-5,11H. The molecule has 3 heteroatoms. The molecular weight excluding hydrogens is 168 g/mol. The van der Waals surface area contributed by atoms with Crippen LogP contribution in [0.3, 0.4) is 0 Å². The molecule has 0 unspecified atom stereocenters. The van der Waals surface area contributed by atoms with Crippen LogP contribution in [0.25, 0.3) is 21.9 Å². The van der Waals surface area contributed by atoms with Crippen LogP contribution in [0.5, 0.6) is 5.75 Å². The second-order valence-corrected chi connectivity index (χ2v) is 2.89. The van der Waals surface area contributed by atoms with Crippen LogP contribution in [0.1, 0.15) is 0 Å². The first-order chi connectivity index (χ1) is 6.36. The number of rotatable bonds is 0. The van der Waals surface area contributed by atoms with Crippen LogP contribution < -0.4 is 0 Å². The van der Waals surface area contributed by atoms with Crippen molar-refractivity contribution in [2.24, 2.45) is 0 Å². The van der Waals surface area contributed by atoms with Gasteiger partial charge in [0.2, 0.25) is 0 Å². The molecular formula is C10H6O3. The summed E-state index contributed by atoms with van der Waals surface area (Å²) in [5.41, 5.74) is 1.43. The maximum atomic E-state index is 9.49. The molecule has 0 atom stereocenters. The third-order valence-corrected chi connectivity index (χ3v) is 2.15. The molecule has 0 bridgehead atoms. The average Bonchev–Trinajstić information content (AvgIpc) is 2.70. The fraction of sp³-hybridized carbons (Fsp3) is 0. The lowest BCUT2D eigenvalue weighted by atomic mass is 10.2. The maximum Gasteiger partial charge on any atom is 0.162 e. The van der Waals surface area contributed by atoms with Gasteiger partial charge in [0.1, 0.15) is 17.4 Å². The largest absolute Gasteiger partial charge is 0.504 e. The van der Waals surface area contributed by atoms with E-state index in [1.807, 2.05) is 12.1 Å². The minimum absolute atomic E-state index is 0.155. The summed E-state index contributed by atoms with van der Waals surface area (Å²) in [6, 6.07) is 5.41. The molecule has 0 amide bonds. The maximum absolute atomic E-state index is 9.49. The van der Waals surface area contributed by atoms with Gasteiger partial charge in [-0.1, -0.05) is 0 Å². The van der Waals surface area contributed by atoms with E-state index in [-0.39, 0.29) is 5.75 Å². The van der Waals surface area contributed by atoms with E-state index in [9.17, 15) is 5.11 Å². The Bertz CT molecular complexity index is 574. The van der Waals surface area contributed by atoms with E-state index in [4.69, 9.17) is 8.83 Å². The summed E-state index contributed by atoms with van der Waals surface area (Å²) in [5.74, 6) is 0.155. The van der Waals surface area contributed by atoms with Gasteiger partial charge in [-0.25, -0.2) is 0 Å². The lowest BCUT2D eigenvalue weighted by Crippen LogP contribution is -1.66. The molecule has 1 N–H and O–H groups in total. The smallest absolute Gasteiger partial charge is 0.162 e. The Hall–Kier alpha value is -1.90. The van der Waals surface area contributed by atoms with Crippen molar-refractivity contribution in [1.29, 1.82) is 0 Å². The van der Waals surface area contributed by atoms with Gasteiger partial charge in [0.15, 0.2) is 5.75 Å². The Labute approximate surface area is 73.2 Å². The molecule has 64 valence electrons. The first kappa shape index (κ1) is 6.60. The Morgan fingerprint density at radius 2 is 1.85 bits per heavy atom. The van der Waals surface area contributed by atoms with E-state index in [0.717, 1.165) is 11.0 Å². The summed E-state index contributed by atoms with van der Waals surface area (Å²) >= 11 is 0. The van der Waals surface area contributed by atoms with Gasteiger partial charge in [-0.05, 0) is 18.2 Å². The van der Waals surface area contributed by atoms with Gasteiger partial charge >= 0.3 is 0 Å². The molecule has 0 aliphatic carbocycles. The fourth-order valence-corrected chi connectivity index (χ4v) is 1.56. The minimum Gasteiger partial charge on any atom is -0.504 e. The van der Waals surface area contributed by atoms with Gasteiger partial charge in [-0.15, -0.1) is 0 Å². The second kappa shape index (κ2) is 2.07. The molecule has 3 aromatic rings. The monoisotopic (exact) mass is 174 g/mol. The van der Waals surface area contributed by atoms with Crippen LogP contribution in [0.2, 0.25) is 0 Å². The fourth-order valence-electron chi connectivity index (χ4n) is 1.56. The number of benzene rings is 1. The molecule has 2 aromatic heterocycles. The van der Waals surface area contributed by atoms with E-state index < -0.39 is 0 Å². The lowest BCUT2D eigenvalue weighted by molar-refractivity contribution is 0.464. The predicted molar refractivity (Wildman–Crippen MR) is 47.7 cm³/mol. The predicted octanol–water partition coefficient (Wildman–Crippen LogP) is 2.88. The molecule has 0 fully saturated rings. The second-order valence-electron chi connectivity index (χ2n) is 2.89. The van der Waals surface area contributed by atoms with Crippen LogP contribution in [0, 0.1) is 0 Å². The van der Waals surface area contributed by atoms with Crippen molar-refractivity contribution in [3.63, 3.8) is 0 Å². The van der Waals surface area contributed by atoms with Crippen molar-refractivity contribution in [2.75, 3.05) is 0 Å². The normalized spacial score (nSPS) is 11.4. The van der Waals surface area contributed by atoms with Gasteiger partial charge in [-0.3, -0.25) is 0 Å². The summed E-state index contributed by atoms with van der Waals surface area (Å²) in [7, 11) is 0. The molecule has 3 rings (SSSR count). The van der Waals surface area contributed by atoms with Gasteiger partial charge in [0.05, 0.1) is 11.6 Å². The van der Waals surface area contributed by atoms with E-state index in [2.05, 4.69) is 0 Å². The van der Waals surface area contributed by atoms with E-state index in [0.29, 0.717) is 11.0 Å². The van der Waals surface area contributed by atoms with Gasteiger partial charge < -0.3 is 13.9 Å². The number of fused-ring (bicyclic) bond motifs is 3. The Morgan fingerprint density at radius 1 is 1.00 bits per heavy atom. The molecule has 13 heavy (non-hydrogen) atoms. The molecule has 2 heterocycles. The van der Waals surface area contributed by atoms with Crippen LogP contribution in [0.15, 0.2) is 39.6 Å². The van der Waals surface area contributed by atoms with Crippen LogP contribution in [-0.2, 0) is 0 Å². The molecule has 0 radical (unpaired) electrons. The molecule has 0 aliphatic heterocycles. The summed E-state index contributed by atoms with van der Waals surface area (Å²) in [6.45, 7) is 0. The molecule has 1 aromatic carbocycles. The number of aromatic hydroxyl groups is 1. The van der Waals surface area contributed by atoms with Crippen LogP contribution >= 0.6 is 0 Å². The van der Waals surface area contributed by atoms with E-state index in [1.54, 1.807) is 12.3 Å². The van der Waals surface area contributed by atoms with Crippen molar-refractivity contribution in [1.82, 2.24) is 0 Å². The van der Waals surface area contributed by atoms with Crippen LogP contribution in [0.4, 0.5) is 0 Å². The lowest BCUT2D eigenvalue weighted by Gasteiger charge is -1.90. The zero-order valence-corrected chi connectivity index (χ0v) is 6.65. The zero-order valence-electron chi connectivity index (χ0n) is 6.65. The number of hydrogen-bond acceptors (Lipinski definition) is 3. The summed E-state index contributed by atoms with van der Waals surface area (Å²) in [4.78, 5) is 0. The third kappa shape index (κ3) is 0.731. The highest BCUT2D eigenvalue weighted by Gasteiger charge is 2.09. The highest BCUT2D eigenvalue weighted by molar-refractivity contribution is 6.06. The van der Waals surface area contributed by atoms with Crippen molar-refractivity contribution in [2.45, 2.75) is 0 Å². The van der Waals surface area contributed by atoms with Gasteiger partial charge in [0, 0.05) is 5.39 Å². The summed E-state index contributed by atoms with van der Waals surface area (Å²) < 4.78 is 10.3. The first-order valence-electron chi connectivity index (χ1n) is 3.92. The van der Waals surface area contributed by atoms with Gasteiger partial charge in [-0.2, -0.15) is 0 Å². The SMILES string of the molecule is Oc1coc2ccc3occc3c12. The summed E-state index contributed by atoms with van der Waals surface area (Å²) in [6.07, 6.45) is 2.92. The molecule has 0 aliphatic rings. The molecule has 0 saturated heterocycles. The zero-order chi connectivity index (χ0) is 8.84. The van der Waals surface area contributed by atoms with Crippen molar-refractivity contribution >= 4 is 21.9 Å². The number of furan rings is 2. The van der Waals surface area contributed by atoms with Gasteiger partial charge in [0.25, 0.3) is 0 Å². The van der Waals surface area contributed by atoms with Crippen molar-refractivity contribution < 1.29 is 13.9 Å². The van der Waals surface area contributed by atoms with Crippen LogP contribution in [-0.4, -0.2) is 5.11 Å². The van der Waals surface area contributed by atoms with E-state index >= 15 is 0 Å². The average molecular weight is 174 g/mol. The molecule has 0 saturated carbocycles. The molecule has 3 nitrogen and oxygen atoms in total. The molecule has 0 spiro atoms. The summed E-state index contributed by atoms with van der Waals surface area (Å²) in [5, 5.41) is 11.1. The van der Waals surface area contributed by atoms with E-state index in [1.165, 1.54) is 6.26 Å². The van der Waals surface area contributed by atoms with Crippen molar-refractivity contribution in [3.8, 4) is 5.75 Å². The first-order valence-corrected chi connectivity index (χ1v) is 3.92. The highest BCUT2D eigenvalue weighted by Crippen LogP contribution is 2.33. The Morgan fingerprint density at radius 3 is 2.77 bits per heavy atom. The third-order valence-electron chi connectivity index (χ3n) is 2.15. The number of hydrogen-bond donors (Lipinski definition) is 1. The quantitative estimate of drug-likeness (QED) is 0.570. The highest BCUT2D eigenvalue weighted by atomic mass is 16.4. The Balaban J connectivity index is 2.70. The van der Waals surface area contributed by atoms with Crippen molar-refractivity contribution in [3.05, 3.63) is 30.7 Å². The topological polar surface area (TPSA) is 46.5 Å². The Kier molecular flexibility index (Phi) is 1.05. The minimum atomic E-state index is 0.155.